The van der Waals surface area contributed by atoms with Crippen LogP contribution in [0, 0.1) is 6.92 Å². The molecule has 0 amide bonds. The van der Waals surface area contributed by atoms with E-state index in [1.165, 1.54) is 0 Å². The van der Waals surface area contributed by atoms with Gasteiger partial charge in [-0.15, -0.1) is 0 Å². The van der Waals surface area contributed by atoms with Gasteiger partial charge in [0.1, 0.15) is 5.76 Å². The Kier molecular flexibility index (Phi) is 5.07. The highest BCUT2D eigenvalue weighted by Gasteiger charge is 2.26. The third-order valence-electron chi connectivity index (χ3n) is 4.33. The third kappa shape index (κ3) is 3.97. The van der Waals surface area contributed by atoms with E-state index in [-0.39, 0.29) is 6.04 Å². The van der Waals surface area contributed by atoms with Crippen LogP contribution in [0.5, 0.6) is 0 Å². The predicted octanol–water partition coefficient (Wildman–Crippen LogP) is 2.20. The SMILES string of the molecule is CCCc1noc([C@H](C)N2CCN(Cc3cc(C)on3)CC2)n1. The fourth-order valence-corrected chi connectivity index (χ4v) is 2.95. The van der Waals surface area contributed by atoms with Crippen molar-refractivity contribution < 1.29 is 9.05 Å². The lowest BCUT2D eigenvalue weighted by atomic mass is 10.2. The van der Waals surface area contributed by atoms with Crippen LogP contribution in [0.4, 0.5) is 0 Å². The molecule has 0 bridgehead atoms. The first-order valence-corrected chi connectivity index (χ1v) is 8.36. The quantitative estimate of drug-likeness (QED) is 0.808. The minimum Gasteiger partial charge on any atom is -0.361 e. The number of hydrogen-bond acceptors (Lipinski definition) is 7. The molecule has 0 unspecified atom stereocenters. The van der Waals surface area contributed by atoms with E-state index in [0.717, 1.165) is 68.7 Å². The summed E-state index contributed by atoms with van der Waals surface area (Å²) in [5, 5.41) is 8.12. The van der Waals surface area contributed by atoms with Crippen molar-refractivity contribution in [3.05, 3.63) is 29.2 Å². The Morgan fingerprint density at radius 2 is 1.96 bits per heavy atom. The van der Waals surface area contributed by atoms with E-state index in [1.54, 1.807) is 0 Å². The first-order chi connectivity index (χ1) is 11.2. The third-order valence-corrected chi connectivity index (χ3v) is 4.33. The molecular weight excluding hydrogens is 294 g/mol. The molecule has 0 radical (unpaired) electrons. The van der Waals surface area contributed by atoms with Crippen LogP contribution in [0.3, 0.4) is 0 Å². The van der Waals surface area contributed by atoms with E-state index in [2.05, 4.69) is 38.9 Å². The Hall–Kier alpha value is -1.73. The van der Waals surface area contributed by atoms with Gasteiger partial charge in [0.2, 0.25) is 5.89 Å². The molecule has 1 fully saturated rings. The fourth-order valence-electron chi connectivity index (χ4n) is 2.95. The first-order valence-electron chi connectivity index (χ1n) is 8.36. The maximum absolute atomic E-state index is 5.42. The molecule has 7 heteroatoms. The maximum atomic E-state index is 5.42. The van der Waals surface area contributed by atoms with Crippen LogP contribution in [0.1, 0.15) is 49.5 Å². The number of aromatic nitrogens is 3. The van der Waals surface area contributed by atoms with Crippen molar-refractivity contribution in [3.8, 4) is 0 Å². The lowest BCUT2D eigenvalue weighted by molar-refractivity contribution is 0.0833. The molecule has 1 saturated heterocycles. The van der Waals surface area contributed by atoms with E-state index in [4.69, 9.17) is 9.05 Å². The molecule has 3 rings (SSSR count). The van der Waals surface area contributed by atoms with Crippen molar-refractivity contribution >= 4 is 0 Å². The number of hydrogen-bond donors (Lipinski definition) is 0. The molecule has 126 valence electrons. The summed E-state index contributed by atoms with van der Waals surface area (Å²) in [5.41, 5.74) is 1.00. The Morgan fingerprint density at radius 1 is 1.17 bits per heavy atom. The zero-order valence-corrected chi connectivity index (χ0v) is 14.2. The summed E-state index contributed by atoms with van der Waals surface area (Å²) in [4.78, 5) is 9.31. The fraction of sp³-hybridized carbons (Fsp3) is 0.688. The summed E-state index contributed by atoms with van der Waals surface area (Å²) in [6.45, 7) is 11.0. The molecule has 2 aromatic rings. The van der Waals surface area contributed by atoms with E-state index < -0.39 is 0 Å². The zero-order valence-electron chi connectivity index (χ0n) is 14.2. The maximum Gasteiger partial charge on any atom is 0.243 e. The summed E-state index contributed by atoms with van der Waals surface area (Å²) in [6, 6.07) is 2.17. The molecule has 7 nitrogen and oxygen atoms in total. The van der Waals surface area contributed by atoms with Gasteiger partial charge < -0.3 is 9.05 Å². The highest BCUT2D eigenvalue weighted by Crippen LogP contribution is 2.21. The van der Waals surface area contributed by atoms with Gasteiger partial charge in [0.05, 0.1) is 11.7 Å². The summed E-state index contributed by atoms with van der Waals surface area (Å²) in [7, 11) is 0. The highest BCUT2D eigenvalue weighted by atomic mass is 16.5. The normalized spacial score (nSPS) is 18.4. The molecule has 1 aliphatic rings. The molecule has 0 aliphatic carbocycles. The second kappa shape index (κ2) is 7.23. The number of aryl methyl sites for hydroxylation is 2. The summed E-state index contributed by atoms with van der Waals surface area (Å²) in [5.74, 6) is 2.41. The van der Waals surface area contributed by atoms with Gasteiger partial charge in [0, 0.05) is 45.2 Å². The topological polar surface area (TPSA) is 71.4 Å². The Bertz CT molecular complexity index is 616. The Balaban J connectivity index is 1.51. The van der Waals surface area contributed by atoms with Gasteiger partial charge in [-0.25, -0.2) is 0 Å². The van der Waals surface area contributed by atoms with Crippen LogP contribution in [-0.4, -0.2) is 51.3 Å². The number of piperazine rings is 1. The molecule has 0 saturated carbocycles. The van der Waals surface area contributed by atoms with Crippen LogP contribution >= 0.6 is 0 Å². The smallest absolute Gasteiger partial charge is 0.243 e. The molecule has 0 aromatic carbocycles. The van der Waals surface area contributed by atoms with Crippen molar-refractivity contribution in [1.82, 2.24) is 25.1 Å². The molecule has 1 aliphatic heterocycles. The summed E-state index contributed by atoms with van der Waals surface area (Å²) < 4.78 is 10.5. The van der Waals surface area contributed by atoms with E-state index in [1.807, 2.05) is 13.0 Å². The van der Waals surface area contributed by atoms with Gasteiger partial charge in [0.25, 0.3) is 0 Å². The van der Waals surface area contributed by atoms with Crippen LogP contribution in [0.25, 0.3) is 0 Å². The minimum atomic E-state index is 0.171. The molecule has 23 heavy (non-hydrogen) atoms. The largest absolute Gasteiger partial charge is 0.361 e. The second-order valence-corrected chi connectivity index (χ2v) is 6.22. The van der Waals surface area contributed by atoms with Crippen molar-refractivity contribution in [1.29, 1.82) is 0 Å². The lowest BCUT2D eigenvalue weighted by Crippen LogP contribution is -2.46. The number of rotatable bonds is 6. The standard InChI is InChI=1S/C16H25N5O2/c1-4-5-15-17-16(23-19-15)13(3)21-8-6-20(7-9-21)11-14-10-12(2)22-18-14/h10,13H,4-9,11H2,1-3H3/t13-/m0/s1. The zero-order chi connectivity index (χ0) is 16.2. The van der Waals surface area contributed by atoms with Crippen LogP contribution < -0.4 is 0 Å². The minimum absolute atomic E-state index is 0.171. The monoisotopic (exact) mass is 319 g/mol. The first kappa shape index (κ1) is 16.1. The van der Waals surface area contributed by atoms with Crippen LogP contribution in [0.15, 0.2) is 15.1 Å². The summed E-state index contributed by atoms with van der Waals surface area (Å²) >= 11 is 0. The van der Waals surface area contributed by atoms with Crippen molar-refractivity contribution in [2.75, 3.05) is 26.2 Å². The average molecular weight is 319 g/mol. The second-order valence-electron chi connectivity index (χ2n) is 6.22. The van der Waals surface area contributed by atoms with Gasteiger partial charge >= 0.3 is 0 Å². The van der Waals surface area contributed by atoms with Gasteiger partial charge in [-0.3, -0.25) is 9.80 Å². The molecular formula is C16H25N5O2. The average Bonchev–Trinajstić information content (AvgIpc) is 3.17. The van der Waals surface area contributed by atoms with Crippen molar-refractivity contribution in [2.45, 2.75) is 46.2 Å². The number of nitrogens with zero attached hydrogens (tertiary/aromatic N) is 5. The molecule has 2 aromatic heterocycles. The molecule has 0 spiro atoms. The highest BCUT2D eigenvalue weighted by molar-refractivity contribution is 5.03. The Morgan fingerprint density at radius 3 is 2.61 bits per heavy atom. The van der Waals surface area contributed by atoms with Crippen LogP contribution in [-0.2, 0) is 13.0 Å². The van der Waals surface area contributed by atoms with Gasteiger partial charge in [-0.2, -0.15) is 4.98 Å². The lowest BCUT2D eigenvalue weighted by Gasteiger charge is -2.36. The van der Waals surface area contributed by atoms with E-state index >= 15 is 0 Å². The van der Waals surface area contributed by atoms with Gasteiger partial charge in [-0.1, -0.05) is 17.2 Å². The summed E-state index contributed by atoms with van der Waals surface area (Å²) in [6.07, 6.45) is 1.91. The predicted molar refractivity (Wildman–Crippen MR) is 84.8 cm³/mol. The van der Waals surface area contributed by atoms with Gasteiger partial charge in [-0.05, 0) is 20.3 Å². The van der Waals surface area contributed by atoms with Gasteiger partial charge in [0.15, 0.2) is 5.82 Å². The molecule has 0 N–H and O–H groups in total. The van der Waals surface area contributed by atoms with Crippen molar-refractivity contribution in [3.63, 3.8) is 0 Å². The van der Waals surface area contributed by atoms with Crippen LogP contribution in [0.2, 0.25) is 0 Å². The van der Waals surface area contributed by atoms with E-state index in [0.29, 0.717) is 0 Å². The molecule has 1 atom stereocenters. The van der Waals surface area contributed by atoms with E-state index in [9.17, 15) is 0 Å². The Labute approximate surface area is 136 Å². The van der Waals surface area contributed by atoms with Crippen molar-refractivity contribution in [2.24, 2.45) is 0 Å². The molecule has 3 heterocycles.